The van der Waals surface area contributed by atoms with Crippen molar-refractivity contribution in [3.8, 4) is 22.8 Å². The lowest BCUT2D eigenvalue weighted by Crippen LogP contribution is -2.12. The monoisotopic (exact) mass is 417 g/mol. The molecule has 3 heterocycles. The molecule has 0 aliphatic carbocycles. The van der Waals surface area contributed by atoms with Crippen LogP contribution in [0.3, 0.4) is 0 Å². The molecule has 0 radical (unpaired) electrons. The number of aromatic amines is 1. The molecule has 0 fully saturated rings. The number of carbonyl (C=O) groups is 1. The molecule has 0 aliphatic heterocycles. The number of rotatable bonds is 6. The van der Waals surface area contributed by atoms with Crippen molar-refractivity contribution < 1.29 is 14.3 Å². The van der Waals surface area contributed by atoms with Gasteiger partial charge in [0.25, 0.3) is 5.91 Å². The van der Waals surface area contributed by atoms with Gasteiger partial charge in [0.15, 0.2) is 5.65 Å². The summed E-state index contributed by atoms with van der Waals surface area (Å²) < 4.78 is 10.5. The van der Waals surface area contributed by atoms with Crippen molar-refractivity contribution in [3.05, 3.63) is 59.5 Å². The summed E-state index contributed by atoms with van der Waals surface area (Å²) in [4.78, 5) is 21.9. The third-order valence-electron chi connectivity index (χ3n) is 5.08. The Kier molecular flexibility index (Phi) is 5.53. The molecule has 158 valence electrons. The fourth-order valence-corrected chi connectivity index (χ4v) is 3.37. The van der Waals surface area contributed by atoms with Crippen LogP contribution >= 0.6 is 0 Å². The Hall–Kier alpha value is -3.94. The number of fused-ring (bicyclic) bond motifs is 1. The number of methoxy groups -OCH3 is 2. The Bertz CT molecular complexity index is 1240. The predicted octanol–water partition coefficient (Wildman–Crippen LogP) is 4.16. The number of anilines is 1. The first kappa shape index (κ1) is 20.3. The molecule has 0 aliphatic rings. The molecule has 0 saturated heterocycles. The second kappa shape index (κ2) is 8.43. The molecule has 2 N–H and O–H groups in total. The summed E-state index contributed by atoms with van der Waals surface area (Å²) in [5.74, 6) is 0.780. The zero-order valence-corrected chi connectivity index (χ0v) is 17.8. The highest BCUT2D eigenvalue weighted by atomic mass is 16.5. The summed E-state index contributed by atoms with van der Waals surface area (Å²) in [7, 11) is 3.08. The van der Waals surface area contributed by atoms with Crippen molar-refractivity contribution in [3.63, 3.8) is 0 Å². The van der Waals surface area contributed by atoms with Crippen LogP contribution in [0.4, 0.5) is 5.69 Å². The fourth-order valence-electron chi connectivity index (χ4n) is 3.37. The standard InChI is InChI=1S/C23H23N5O3/c1-5-20-18-6-7-21(26-22(18)28-27-20)19-10-15(12-24-13(19)2)25-23(29)14-8-16(30-3)11-17(9-14)31-4/h6-12H,5H2,1-4H3,(H,25,29)(H,26,27,28). The van der Waals surface area contributed by atoms with Crippen molar-refractivity contribution in [1.82, 2.24) is 20.2 Å². The molecule has 0 saturated carbocycles. The largest absolute Gasteiger partial charge is 0.497 e. The summed E-state index contributed by atoms with van der Waals surface area (Å²) >= 11 is 0. The first-order valence-corrected chi connectivity index (χ1v) is 9.87. The lowest BCUT2D eigenvalue weighted by Gasteiger charge is -2.11. The van der Waals surface area contributed by atoms with Crippen LogP contribution in [0.2, 0.25) is 0 Å². The number of benzene rings is 1. The van der Waals surface area contributed by atoms with Crippen LogP contribution in [0.15, 0.2) is 42.6 Å². The topological polar surface area (TPSA) is 102 Å². The maximum atomic E-state index is 12.8. The van der Waals surface area contributed by atoms with E-state index in [2.05, 4.69) is 32.4 Å². The van der Waals surface area contributed by atoms with E-state index >= 15 is 0 Å². The minimum atomic E-state index is -0.294. The zero-order chi connectivity index (χ0) is 22.0. The van der Waals surface area contributed by atoms with E-state index in [-0.39, 0.29) is 5.91 Å². The highest BCUT2D eigenvalue weighted by molar-refractivity contribution is 6.05. The number of carbonyl (C=O) groups excluding carboxylic acids is 1. The van der Waals surface area contributed by atoms with E-state index in [1.165, 1.54) is 0 Å². The van der Waals surface area contributed by atoms with Gasteiger partial charge in [-0.2, -0.15) is 5.10 Å². The molecule has 1 amide bonds. The van der Waals surface area contributed by atoms with Gasteiger partial charge in [0.2, 0.25) is 0 Å². The molecule has 8 nitrogen and oxygen atoms in total. The van der Waals surface area contributed by atoms with Gasteiger partial charge in [-0.25, -0.2) is 4.98 Å². The van der Waals surface area contributed by atoms with Crippen LogP contribution < -0.4 is 14.8 Å². The molecular formula is C23H23N5O3. The molecular weight excluding hydrogens is 394 g/mol. The van der Waals surface area contributed by atoms with E-state index in [1.54, 1.807) is 38.6 Å². The number of H-pyrrole nitrogens is 1. The van der Waals surface area contributed by atoms with Gasteiger partial charge in [-0.15, -0.1) is 0 Å². The number of hydrogen-bond acceptors (Lipinski definition) is 6. The highest BCUT2D eigenvalue weighted by Crippen LogP contribution is 2.27. The first-order chi connectivity index (χ1) is 15.0. The Labute approximate surface area is 179 Å². The molecule has 0 bridgehead atoms. The maximum Gasteiger partial charge on any atom is 0.255 e. The Morgan fingerprint density at radius 3 is 2.52 bits per heavy atom. The number of aryl methyl sites for hydroxylation is 2. The van der Waals surface area contributed by atoms with Gasteiger partial charge < -0.3 is 14.8 Å². The second-order valence-corrected chi connectivity index (χ2v) is 7.04. The Morgan fingerprint density at radius 2 is 1.84 bits per heavy atom. The Balaban J connectivity index is 1.65. The number of nitrogens with zero attached hydrogens (tertiary/aromatic N) is 3. The number of amides is 1. The summed E-state index contributed by atoms with van der Waals surface area (Å²) in [6.07, 6.45) is 2.48. The van der Waals surface area contributed by atoms with Crippen LogP contribution in [0.5, 0.6) is 11.5 Å². The van der Waals surface area contributed by atoms with Crippen LogP contribution in [0, 0.1) is 6.92 Å². The second-order valence-electron chi connectivity index (χ2n) is 7.04. The fraction of sp³-hybridized carbons (Fsp3) is 0.217. The average molecular weight is 417 g/mol. The molecule has 4 rings (SSSR count). The molecule has 0 atom stereocenters. The smallest absolute Gasteiger partial charge is 0.255 e. The third-order valence-corrected chi connectivity index (χ3v) is 5.08. The van der Waals surface area contributed by atoms with Crippen LogP contribution in [0.1, 0.15) is 28.7 Å². The quantitative estimate of drug-likeness (QED) is 0.488. The highest BCUT2D eigenvalue weighted by Gasteiger charge is 2.14. The molecule has 0 unspecified atom stereocenters. The van der Waals surface area contributed by atoms with Crippen molar-refractivity contribution in [2.45, 2.75) is 20.3 Å². The molecule has 0 spiro atoms. The number of hydrogen-bond donors (Lipinski definition) is 2. The summed E-state index contributed by atoms with van der Waals surface area (Å²) in [6.45, 7) is 3.97. The number of pyridine rings is 2. The predicted molar refractivity (Wildman–Crippen MR) is 119 cm³/mol. The van der Waals surface area contributed by atoms with Gasteiger partial charge in [0.05, 0.1) is 31.8 Å². The molecule has 4 aromatic rings. The Morgan fingerprint density at radius 1 is 1.10 bits per heavy atom. The number of ether oxygens (including phenoxy) is 2. The van der Waals surface area contributed by atoms with Gasteiger partial charge in [-0.05, 0) is 43.7 Å². The molecule has 31 heavy (non-hydrogen) atoms. The van der Waals surface area contributed by atoms with Crippen molar-refractivity contribution in [2.24, 2.45) is 0 Å². The van der Waals surface area contributed by atoms with E-state index in [1.807, 2.05) is 25.1 Å². The molecule has 8 heteroatoms. The van der Waals surface area contributed by atoms with Crippen molar-refractivity contribution >= 4 is 22.6 Å². The van der Waals surface area contributed by atoms with E-state index < -0.39 is 0 Å². The average Bonchev–Trinajstić information content (AvgIpc) is 3.22. The minimum Gasteiger partial charge on any atom is -0.497 e. The summed E-state index contributed by atoms with van der Waals surface area (Å²) in [5, 5.41) is 11.2. The maximum absolute atomic E-state index is 12.8. The van der Waals surface area contributed by atoms with E-state index in [0.717, 1.165) is 34.5 Å². The van der Waals surface area contributed by atoms with Gasteiger partial charge in [0.1, 0.15) is 11.5 Å². The molecule has 1 aromatic carbocycles. The summed E-state index contributed by atoms with van der Waals surface area (Å²) in [5.41, 5.74) is 5.06. The first-order valence-electron chi connectivity index (χ1n) is 9.87. The molecule has 3 aromatic heterocycles. The van der Waals surface area contributed by atoms with Gasteiger partial charge in [0, 0.05) is 34.0 Å². The van der Waals surface area contributed by atoms with Gasteiger partial charge >= 0.3 is 0 Å². The van der Waals surface area contributed by atoms with Crippen LogP contribution in [0.25, 0.3) is 22.3 Å². The lowest BCUT2D eigenvalue weighted by atomic mass is 10.1. The lowest BCUT2D eigenvalue weighted by molar-refractivity contribution is 0.102. The SMILES string of the molecule is CCc1[nH]nc2nc(-c3cc(NC(=O)c4cc(OC)cc(OC)c4)cnc3C)ccc12. The van der Waals surface area contributed by atoms with Gasteiger partial charge in [-0.3, -0.25) is 14.9 Å². The van der Waals surface area contributed by atoms with Crippen LogP contribution in [-0.2, 0) is 6.42 Å². The van der Waals surface area contributed by atoms with E-state index in [0.29, 0.717) is 28.4 Å². The zero-order valence-electron chi connectivity index (χ0n) is 17.8. The van der Waals surface area contributed by atoms with Gasteiger partial charge in [-0.1, -0.05) is 6.92 Å². The summed E-state index contributed by atoms with van der Waals surface area (Å²) in [6, 6.07) is 10.8. The van der Waals surface area contributed by atoms with Crippen molar-refractivity contribution in [1.29, 1.82) is 0 Å². The van der Waals surface area contributed by atoms with E-state index in [4.69, 9.17) is 9.47 Å². The minimum absolute atomic E-state index is 0.294. The number of aromatic nitrogens is 4. The van der Waals surface area contributed by atoms with Crippen molar-refractivity contribution in [2.75, 3.05) is 19.5 Å². The normalized spacial score (nSPS) is 10.8. The van der Waals surface area contributed by atoms with Crippen LogP contribution in [-0.4, -0.2) is 40.3 Å². The third kappa shape index (κ3) is 4.05. The number of nitrogens with one attached hydrogen (secondary N) is 2. The van der Waals surface area contributed by atoms with E-state index in [9.17, 15) is 4.79 Å².